The van der Waals surface area contributed by atoms with Gasteiger partial charge in [-0.2, -0.15) is 5.10 Å². The predicted octanol–water partition coefficient (Wildman–Crippen LogP) is 1.09. The van der Waals surface area contributed by atoms with Crippen molar-refractivity contribution in [1.82, 2.24) is 5.43 Å². The van der Waals surface area contributed by atoms with E-state index in [2.05, 4.69) is 15.8 Å². The number of hydrogen-bond donors (Lipinski definition) is 2. The predicted molar refractivity (Wildman–Crippen MR) is 75.9 cm³/mol. The third-order valence-electron chi connectivity index (χ3n) is 2.58. The van der Waals surface area contributed by atoms with Crippen LogP contribution >= 0.6 is 11.6 Å². The Morgan fingerprint density at radius 2 is 2.19 bits per heavy atom. The average molecular weight is 310 g/mol. The highest BCUT2D eigenvalue weighted by Gasteiger charge is 2.20. The van der Waals surface area contributed by atoms with Crippen LogP contribution in [0.15, 0.2) is 29.4 Å². The molecule has 1 aliphatic heterocycles. The molecule has 2 rings (SSSR count). The summed E-state index contributed by atoms with van der Waals surface area (Å²) in [6.07, 6.45) is 0.364. The molecule has 0 radical (unpaired) electrons. The minimum Gasteiger partial charge on any atom is -0.451 e. The van der Waals surface area contributed by atoms with Crippen molar-refractivity contribution >= 4 is 40.8 Å². The molecule has 0 saturated carbocycles. The van der Waals surface area contributed by atoms with E-state index in [-0.39, 0.29) is 24.5 Å². The molecular weight excluding hydrogens is 298 g/mol. The summed E-state index contributed by atoms with van der Waals surface area (Å²) in [6, 6.07) is 6.59. The zero-order valence-corrected chi connectivity index (χ0v) is 11.6. The fourth-order valence-electron chi connectivity index (χ4n) is 1.60. The zero-order valence-electron chi connectivity index (χ0n) is 10.9. The van der Waals surface area contributed by atoms with Gasteiger partial charge in [0.2, 0.25) is 5.91 Å². The van der Waals surface area contributed by atoms with Crippen LogP contribution in [0.5, 0.6) is 0 Å². The minimum atomic E-state index is -0.726. The second-order valence-electron chi connectivity index (χ2n) is 4.23. The molecule has 0 spiro atoms. The number of carbonyl (C=O) groups excluding carboxylic acids is 3. The van der Waals surface area contributed by atoms with E-state index in [9.17, 15) is 14.4 Å². The molecule has 1 aromatic rings. The highest BCUT2D eigenvalue weighted by atomic mass is 35.5. The van der Waals surface area contributed by atoms with Gasteiger partial charge in [-0.3, -0.25) is 9.59 Å². The Morgan fingerprint density at radius 1 is 1.38 bits per heavy atom. The molecule has 0 saturated heterocycles. The van der Waals surface area contributed by atoms with Crippen LogP contribution in [0.1, 0.15) is 12.8 Å². The zero-order chi connectivity index (χ0) is 15.2. The Hall–Kier alpha value is -2.41. The Kier molecular flexibility index (Phi) is 4.89. The number of ether oxygens (including phenoxy) is 1. The van der Waals surface area contributed by atoms with Crippen LogP contribution in [0.3, 0.4) is 0 Å². The molecule has 0 aliphatic carbocycles. The third-order valence-corrected chi connectivity index (χ3v) is 2.82. The van der Waals surface area contributed by atoms with Gasteiger partial charge in [0.15, 0.2) is 6.61 Å². The lowest BCUT2D eigenvalue weighted by molar-refractivity contribution is -0.140. The van der Waals surface area contributed by atoms with E-state index in [0.29, 0.717) is 10.7 Å². The molecular formula is C13H12ClN3O4. The van der Waals surface area contributed by atoms with Crippen molar-refractivity contribution < 1.29 is 19.1 Å². The number of anilines is 1. The van der Waals surface area contributed by atoms with Crippen LogP contribution in [-0.2, 0) is 19.1 Å². The summed E-state index contributed by atoms with van der Waals surface area (Å²) in [7, 11) is 0. The highest BCUT2D eigenvalue weighted by molar-refractivity contribution is 6.37. The number of nitrogens with zero attached hydrogens (tertiary/aromatic N) is 1. The second-order valence-corrected chi connectivity index (χ2v) is 4.66. The summed E-state index contributed by atoms with van der Waals surface area (Å²) in [5.41, 5.74) is 2.77. The fraction of sp³-hybridized carbons (Fsp3) is 0.231. The molecule has 110 valence electrons. The van der Waals surface area contributed by atoms with Crippen LogP contribution in [0, 0.1) is 0 Å². The number of hydrogen-bond acceptors (Lipinski definition) is 5. The third kappa shape index (κ3) is 4.57. The van der Waals surface area contributed by atoms with Crippen molar-refractivity contribution in [3.63, 3.8) is 0 Å². The van der Waals surface area contributed by atoms with E-state index in [4.69, 9.17) is 16.3 Å². The Morgan fingerprint density at radius 3 is 2.86 bits per heavy atom. The monoisotopic (exact) mass is 309 g/mol. The van der Waals surface area contributed by atoms with Gasteiger partial charge in [0.05, 0.1) is 0 Å². The van der Waals surface area contributed by atoms with Gasteiger partial charge in [0, 0.05) is 23.6 Å². The molecule has 21 heavy (non-hydrogen) atoms. The van der Waals surface area contributed by atoms with Gasteiger partial charge in [0.25, 0.3) is 5.91 Å². The quantitative estimate of drug-likeness (QED) is 0.814. The second kappa shape index (κ2) is 6.85. The van der Waals surface area contributed by atoms with E-state index >= 15 is 0 Å². The molecule has 1 heterocycles. The van der Waals surface area contributed by atoms with Crippen LogP contribution in [0.4, 0.5) is 5.69 Å². The van der Waals surface area contributed by atoms with Gasteiger partial charge in [-0.1, -0.05) is 17.7 Å². The van der Waals surface area contributed by atoms with Crippen molar-refractivity contribution in [3.8, 4) is 0 Å². The fourth-order valence-corrected chi connectivity index (χ4v) is 1.79. The molecule has 0 aromatic heterocycles. The molecule has 2 amide bonds. The highest BCUT2D eigenvalue weighted by Crippen LogP contribution is 2.14. The van der Waals surface area contributed by atoms with E-state index in [0.717, 1.165) is 0 Å². The van der Waals surface area contributed by atoms with Crippen LogP contribution < -0.4 is 10.7 Å². The van der Waals surface area contributed by atoms with E-state index in [1.165, 1.54) is 0 Å². The summed E-state index contributed by atoms with van der Waals surface area (Å²) in [5.74, 6) is -1.48. The number of benzene rings is 1. The lowest BCUT2D eigenvalue weighted by Crippen LogP contribution is -2.32. The standard InChI is InChI=1S/C13H12ClN3O4/c14-8-2-1-3-9(6-8)15-12(19)7-21-13(20)10-4-5-11(18)17-16-10/h1-3,6H,4-5,7H2,(H,15,19)(H,17,18). The SMILES string of the molecule is O=C1CCC(C(=O)OCC(=O)Nc2cccc(Cl)c2)=NN1. The van der Waals surface area contributed by atoms with Crippen molar-refractivity contribution in [3.05, 3.63) is 29.3 Å². The molecule has 1 aromatic carbocycles. The maximum Gasteiger partial charge on any atom is 0.355 e. The first-order valence-corrected chi connectivity index (χ1v) is 6.50. The maximum atomic E-state index is 11.6. The number of carbonyl (C=O) groups is 3. The Labute approximate surface area is 125 Å². The van der Waals surface area contributed by atoms with E-state index < -0.39 is 18.5 Å². The van der Waals surface area contributed by atoms with Crippen LogP contribution in [0.25, 0.3) is 0 Å². The van der Waals surface area contributed by atoms with Gasteiger partial charge < -0.3 is 10.1 Å². The molecule has 8 heteroatoms. The van der Waals surface area contributed by atoms with Crippen molar-refractivity contribution in [2.24, 2.45) is 5.10 Å². The van der Waals surface area contributed by atoms with E-state index in [1.807, 2.05) is 0 Å². The molecule has 0 unspecified atom stereocenters. The van der Waals surface area contributed by atoms with Gasteiger partial charge >= 0.3 is 5.97 Å². The van der Waals surface area contributed by atoms with Gasteiger partial charge in [0.1, 0.15) is 5.71 Å². The lowest BCUT2D eigenvalue weighted by Gasteiger charge is -2.11. The van der Waals surface area contributed by atoms with Gasteiger partial charge in [-0.05, 0) is 18.2 Å². The van der Waals surface area contributed by atoms with Gasteiger partial charge in [-0.25, -0.2) is 10.2 Å². The first kappa shape index (κ1) is 15.0. The maximum absolute atomic E-state index is 11.6. The normalized spacial score (nSPS) is 14.0. The number of rotatable bonds is 4. The Balaban J connectivity index is 1.81. The van der Waals surface area contributed by atoms with Gasteiger partial charge in [-0.15, -0.1) is 0 Å². The molecule has 0 fully saturated rings. The molecule has 7 nitrogen and oxygen atoms in total. The number of esters is 1. The van der Waals surface area contributed by atoms with Crippen LogP contribution in [-0.4, -0.2) is 30.1 Å². The summed E-state index contributed by atoms with van der Waals surface area (Å²) < 4.78 is 4.81. The molecule has 1 aliphatic rings. The lowest BCUT2D eigenvalue weighted by atomic mass is 10.2. The van der Waals surface area contributed by atoms with Crippen molar-refractivity contribution in [2.45, 2.75) is 12.8 Å². The first-order valence-electron chi connectivity index (χ1n) is 6.12. The number of amides is 2. The topological polar surface area (TPSA) is 96.9 Å². The minimum absolute atomic E-state index is 0.0881. The summed E-state index contributed by atoms with van der Waals surface area (Å²) in [4.78, 5) is 34.1. The largest absolute Gasteiger partial charge is 0.451 e. The number of halogens is 1. The molecule has 0 bridgehead atoms. The number of nitrogens with one attached hydrogen (secondary N) is 2. The smallest absolute Gasteiger partial charge is 0.355 e. The van der Waals surface area contributed by atoms with Crippen molar-refractivity contribution in [1.29, 1.82) is 0 Å². The molecule has 2 N–H and O–H groups in total. The van der Waals surface area contributed by atoms with Crippen molar-refractivity contribution in [2.75, 3.05) is 11.9 Å². The molecule has 0 atom stereocenters. The summed E-state index contributed by atoms with van der Waals surface area (Å²) >= 11 is 5.78. The van der Waals surface area contributed by atoms with Crippen LogP contribution in [0.2, 0.25) is 5.02 Å². The Bertz CT molecular complexity index is 615. The number of hydrazone groups is 1. The first-order chi connectivity index (χ1) is 10.0. The average Bonchev–Trinajstić information content (AvgIpc) is 2.45. The summed E-state index contributed by atoms with van der Waals surface area (Å²) in [5, 5.41) is 6.60. The van der Waals surface area contributed by atoms with E-state index in [1.54, 1.807) is 24.3 Å². The summed E-state index contributed by atoms with van der Waals surface area (Å²) in [6.45, 7) is -0.446.